The van der Waals surface area contributed by atoms with Gasteiger partial charge in [0.25, 0.3) is 0 Å². The SMILES string of the molecule is Cc1cc2c(c(NC(=O)NS(C)(=O)=NC#N)c1-c1ccnc(OC3CCN(C)CC3)c1)CCC2. The Hall–Kier alpha value is -3.16. The van der Waals surface area contributed by atoms with Crippen molar-refractivity contribution in [1.82, 2.24) is 14.6 Å². The lowest BCUT2D eigenvalue weighted by molar-refractivity contribution is 0.110. The quantitative estimate of drug-likeness (QED) is 0.628. The number of hydrogen-bond donors (Lipinski definition) is 2. The summed E-state index contributed by atoms with van der Waals surface area (Å²) in [5.74, 6) is 0.562. The van der Waals surface area contributed by atoms with Crippen LogP contribution in [0.2, 0.25) is 0 Å². The highest BCUT2D eigenvalue weighted by atomic mass is 32.2. The van der Waals surface area contributed by atoms with Gasteiger partial charge in [0, 0.05) is 37.2 Å². The van der Waals surface area contributed by atoms with Gasteiger partial charge in [-0.25, -0.2) is 18.7 Å². The van der Waals surface area contributed by atoms with E-state index in [1.54, 1.807) is 6.20 Å². The summed E-state index contributed by atoms with van der Waals surface area (Å²) in [5.41, 5.74) is 5.75. The maximum absolute atomic E-state index is 12.7. The Morgan fingerprint density at radius 2 is 2.09 bits per heavy atom. The number of rotatable bonds is 5. The van der Waals surface area contributed by atoms with Gasteiger partial charge in [-0.1, -0.05) is 6.07 Å². The number of fused-ring (bicyclic) bond motifs is 1. The zero-order valence-electron chi connectivity index (χ0n) is 19.8. The lowest BCUT2D eigenvalue weighted by Crippen LogP contribution is -2.35. The maximum Gasteiger partial charge on any atom is 0.331 e. The van der Waals surface area contributed by atoms with Gasteiger partial charge in [-0.15, -0.1) is 4.36 Å². The number of hydrogen-bond acceptors (Lipinski definition) is 7. The molecule has 2 aromatic rings. The molecule has 0 radical (unpaired) electrons. The van der Waals surface area contributed by atoms with E-state index < -0.39 is 15.9 Å². The summed E-state index contributed by atoms with van der Waals surface area (Å²) in [6, 6.07) is 5.33. The number of piperidine rings is 1. The van der Waals surface area contributed by atoms with Gasteiger partial charge < -0.3 is 15.0 Å². The van der Waals surface area contributed by atoms with Gasteiger partial charge in [0.1, 0.15) is 16.0 Å². The van der Waals surface area contributed by atoms with Crippen molar-refractivity contribution in [3.8, 4) is 23.2 Å². The highest BCUT2D eigenvalue weighted by Crippen LogP contribution is 2.40. The third-order valence-electron chi connectivity index (χ3n) is 6.31. The molecule has 2 N–H and O–H groups in total. The number of ether oxygens (including phenoxy) is 1. The second kappa shape index (κ2) is 9.99. The van der Waals surface area contributed by atoms with Crippen LogP contribution in [0, 0.1) is 18.4 Å². The van der Waals surface area contributed by atoms with Crippen LogP contribution in [0.25, 0.3) is 11.1 Å². The van der Waals surface area contributed by atoms with E-state index in [4.69, 9.17) is 10.00 Å². The van der Waals surface area contributed by atoms with E-state index in [0.29, 0.717) is 11.6 Å². The summed E-state index contributed by atoms with van der Waals surface area (Å²) < 4.78 is 24.1. The Bertz CT molecular complexity index is 1250. The van der Waals surface area contributed by atoms with E-state index in [0.717, 1.165) is 67.4 Å². The molecular formula is C24H30N6O3S. The van der Waals surface area contributed by atoms with Gasteiger partial charge in [0.15, 0.2) is 0 Å². The number of nitrogens with zero attached hydrogens (tertiary/aromatic N) is 4. The molecule has 1 aliphatic heterocycles. The summed E-state index contributed by atoms with van der Waals surface area (Å²) in [6.45, 7) is 4.01. The molecule has 10 heteroatoms. The molecule has 1 unspecified atom stereocenters. The van der Waals surface area contributed by atoms with Gasteiger partial charge in [-0.05, 0) is 74.4 Å². The van der Waals surface area contributed by atoms with Crippen LogP contribution >= 0.6 is 0 Å². The van der Waals surface area contributed by atoms with Crippen LogP contribution in [0.1, 0.15) is 36.0 Å². The third kappa shape index (κ3) is 5.48. The largest absolute Gasteiger partial charge is 0.474 e. The first kappa shape index (κ1) is 24.0. The normalized spacial score (nSPS) is 17.8. The number of aromatic nitrogens is 1. The van der Waals surface area contributed by atoms with Crippen molar-refractivity contribution in [2.45, 2.75) is 45.1 Å². The van der Waals surface area contributed by atoms with Gasteiger partial charge in [-0.3, -0.25) is 0 Å². The fraction of sp³-hybridized carbons (Fsp3) is 0.458. The minimum Gasteiger partial charge on any atom is -0.474 e. The zero-order chi connectivity index (χ0) is 24.3. The van der Waals surface area contributed by atoms with Crippen LogP contribution in [-0.2, 0) is 22.8 Å². The monoisotopic (exact) mass is 482 g/mol. The lowest BCUT2D eigenvalue weighted by atomic mass is 9.93. The van der Waals surface area contributed by atoms with E-state index in [9.17, 15) is 9.00 Å². The Morgan fingerprint density at radius 3 is 2.82 bits per heavy atom. The molecule has 1 saturated heterocycles. The fourth-order valence-electron chi connectivity index (χ4n) is 4.72. The van der Waals surface area contributed by atoms with Crippen LogP contribution in [-0.4, -0.2) is 52.6 Å². The number of aryl methyl sites for hydroxylation is 2. The molecule has 2 heterocycles. The number of pyridine rings is 1. The molecule has 1 fully saturated rings. The van der Waals surface area contributed by atoms with Gasteiger partial charge in [-0.2, -0.15) is 5.26 Å². The van der Waals surface area contributed by atoms with Gasteiger partial charge in [0.2, 0.25) is 12.1 Å². The number of nitriles is 1. The van der Waals surface area contributed by atoms with Gasteiger partial charge in [0.05, 0.1) is 5.69 Å². The first-order valence-electron chi connectivity index (χ1n) is 11.4. The topological polar surface area (TPSA) is 120 Å². The van der Waals surface area contributed by atoms with E-state index in [1.807, 2.05) is 19.1 Å². The Labute approximate surface area is 200 Å². The number of benzene rings is 1. The maximum atomic E-state index is 12.7. The average molecular weight is 483 g/mol. The molecule has 34 heavy (non-hydrogen) atoms. The van der Waals surface area contributed by atoms with Crippen molar-refractivity contribution in [2.75, 3.05) is 31.7 Å². The summed E-state index contributed by atoms with van der Waals surface area (Å²) in [5, 5.41) is 11.6. The summed E-state index contributed by atoms with van der Waals surface area (Å²) in [7, 11) is -1.05. The standard InChI is InChI=1S/C24H30N6O3S/c1-16-13-17-5-4-6-20(17)23(28-24(31)29-34(3,32)27-15-25)22(16)18-7-10-26-21(14-18)33-19-8-11-30(2)12-9-19/h7,10,13-14,19H,4-6,8-9,11-12H2,1-3H3,(H2,27,28,29,31,32). The van der Waals surface area contributed by atoms with Crippen LogP contribution in [0.5, 0.6) is 5.88 Å². The Kier molecular flexibility index (Phi) is 7.05. The van der Waals surface area contributed by atoms with Crippen molar-refractivity contribution in [3.63, 3.8) is 0 Å². The van der Waals surface area contributed by atoms with E-state index in [-0.39, 0.29) is 6.10 Å². The van der Waals surface area contributed by atoms with E-state index >= 15 is 0 Å². The molecule has 0 saturated carbocycles. The van der Waals surface area contributed by atoms with Crippen molar-refractivity contribution in [2.24, 2.45) is 4.36 Å². The molecular weight excluding hydrogens is 452 g/mol. The van der Waals surface area contributed by atoms with Crippen molar-refractivity contribution in [3.05, 3.63) is 41.1 Å². The number of likely N-dealkylation sites (tertiary alicyclic amines) is 1. The number of urea groups is 1. The highest BCUT2D eigenvalue weighted by molar-refractivity contribution is 7.91. The summed E-state index contributed by atoms with van der Waals surface area (Å²) in [6.07, 6.45) is 9.26. The molecule has 9 nitrogen and oxygen atoms in total. The van der Waals surface area contributed by atoms with Gasteiger partial charge >= 0.3 is 6.03 Å². The number of carbonyl (C=O) groups is 1. The van der Waals surface area contributed by atoms with Crippen LogP contribution in [0.4, 0.5) is 10.5 Å². The van der Waals surface area contributed by atoms with E-state index in [1.165, 1.54) is 18.0 Å². The summed E-state index contributed by atoms with van der Waals surface area (Å²) in [4.78, 5) is 19.5. The Morgan fingerprint density at radius 1 is 1.32 bits per heavy atom. The first-order chi connectivity index (χ1) is 16.3. The predicted octanol–water partition coefficient (Wildman–Crippen LogP) is 3.63. The minimum absolute atomic E-state index is 0.130. The third-order valence-corrected chi connectivity index (χ3v) is 7.30. The van der Waals surface area contributed by atoms with Crippen molar-refractivity contribution < 1.29 is 13.7 Å². The fourth-order valence-corrected chi connectivity index (χ4v) is 5.31. The molecule has 180 valence electrons. The first-order valence-corrected chi connectivity index (χ1v) is 13.3. The van der Waals surface area contributed by atoms with Crippen LogP contribution in [0.3, 0.4) is 0 Å². The second-order valence-corrected chi connectivity index (χ2v) is 11.0. The molecule has 4 rings (SSSR count). The Balaban J connectivity index is 1.67. The lowest BCUT2D eigenvalue weighted by Gasteiger charge is -2.29. The number of amides is 2. The number of carbonyl (C=O) groups excluding carboxylic acids is 1. The molecule has 1 aromatic heterocycles. The number of anilines is 1. The molecule has 1 aromatic carbocycles. The average Bonchev–Trinajstić information content (AvgIpc) is 3.23. The minimum atomic E-state index is -3.16. The van der Waals surface area contributed by atoms with Crippen LogP contribution in [0.15, 0.2) is 28.8 Å². The van der Waals surface area contributed by atoms with E-state index in [2.05, 4.69) is 37.4 Å². The van der Waals surface area contributed by atoms with Crippen molar-refractivity contribution >= 4 is 21.6 Å². The smallest absolute Gasteiger partial charge is 0.331 e. The molecule has 1 aliphatic carbocycles. The van der Waals surface area contributed by atoms with Crippen molar-refractivity contribution in [1.29, 1.82) is 5.26 Å². The summed E-state index contributed by atoms with van der Waals surface area (Å²) >= 11 is 0. The molecule has 2 aliphatic rings. The second-order valence-electron chi connectivity index (χ2n) is 8.99. The molecule has 2 amide bonds. The zero-order valence-corrected chi connectivity index (χ0v) is 20.6. The molecule has 1 atom stereocenters. The highest BCUT2D eigenvalue weighted by Gasteiger charge is 2.24. The predicted molar refractivity (Wildman–Crippen MR) is 132 cm³/mol. The molecule has 0 spiro atoms. The molecule has 0 bridgehead atoms. The number of nitrogens with one attached hydrogen (secondary N) is 2. The van der Waals surface area contributed by atoms with Crippen LogP contribution < -0.4 is 14.8 Å².